The summed E-state index contributed by atoms with van der Waals surface area (Å²) >= 11 is 7.50. The second-order valence-electron chi connectivity index (χ2n) is 2.63. The van der Waals surface area contributed by atoms with Crippen molar-refractivity contribution in [2.24, 2.45) is 0 Å². The smallest absolute Gasteiger partial charge is 0.333 e. The molecule has 0 saturated carbocycles. The molecule has 6 heteroatoms. The van der Waals surface area contributed by atoms with Crippen LogP contribution in [0.2, 0.25) is 6.04 Å². The first-order chi connectivity index (χ1) is 5.83. The van der Waals surface area contributed by atoms with Crippen LogP contribution >= 0.6 is 65.4 Å². The Labute approximate surface area is 118 Å². The number of hydrogen-bond donors (Lipinski definition) is 0. The maximum absolute atomic E-state index is 11.0. The van der Waals surface area contributed by atoms with Crippen molar-refractivity contribution < 1.29 is 9.53 Å². The zero-order valence-electron chi connectivity index (χ0n) is 7.28. The highest BCUT2D eigenvalue weighted by atomic mass is 127. The van der Waals surface area contributed by atoms with Gasteiger partial charge in [0, 0.05) is 5.57 Å². The van der Waals surface area contributed by atoms with Gasteiger partial charge in [-0.15, -0.1) is 0 Å². The molecule has 0 aliphatic rings. The van der Waals surface area contributed by atoms with Crippen molar-refractivity contribution in [1.82, 2.24) is 0 Å². The Bertz CT molecular complexity index is 200. The van der Waals surface area contributed by atoms with Gasteiger partial charge in [-0.05, 0) is 19.4 Å². The summed E-state index contributed by atoms with van der Waals surface area (Å²) in [4.78, 5) is 11.0. The van der Waals surface area contributed by atoms with Crippen molar-refractivity contribution in [3.8, 4) is 0 Å². The molecular weight excluding hydrogens is 525 g/mol. The lowest BCUT2D eigenvalue weighted by atomic mass is 10.4. The van der Waals surface area contributed by atoms with Crippen LogP contribution in [-0.2, 0) is 9.53 Å². The van der Waals surface area contributed by atoms with Gasteiger partial charge >= 0.3 is 5.97 Å². The second kappa shape index (κ2) is 6.98. The summed E-state index contributed by atoms with van der Waals surface area (Å²) in [6.07, 6.45) is 0.958. The van der Waals surface area contributed by atoms with Crippen molar-refractivity contribution >= 4 is 71.9 Å². The van der Waals surface area contributed by atoms with Gasteiger partial charge in [0.15, 0.2) is 0 Å². The van der Waals surface area contributed by atoms with Gasteiger partial charge in [-0.1, -0.05) is 72.0 Å². The van der Waals surface area contributed by atoms with Crippen LogP contribution in [0.15, 0.2) is 12.2 Å². The van der Waals surface area contributed by atoms with Crippen molar-refractivity contribution in [2.45, 2.75) is 19.4 Å². The van der Waals surface area contributed by atoms with Gasteiger partial charge in [-0.25, -0.2) is 4.79 Å². The van der Waals surface area contributed by atoms with E-state index in [2.05, 4.69) is 72.0 Å². The third-order valence-corrected chi connectivity index (χ3v) is 6.96. The molecule has 0 aromatic heterocycles. The van der Waals surface area contributed by atoms with E-state index < -0.39 is 0.564 Å². The van der Waals surface area contributed by atoms with E-state index in [9.17, 15) is 4.79 Å². The first-order valence-corrected chi connectivity index (χ1v) is 15.3. The first-order valence-electron chi connectivity index (χ1n) is 3.72. The SMILES string of the molecule is C=C(C)C(=O)OCCC[Si](I)(I)I. The molecule has 0 unspecified atom stereocenters. The van der Waals surface area contributed by atoms with E-state index in [0.29, 0.717) is 12.2 Å². The highest BCUT2D eigenvalue weighted by Gasteiger charge is 2.20. The van der Waals surface area contributed by atoms with Gasteiger partial charge in [0.1, 0.15) is 0 Å². The summed E-state index contributed by atoms with van der Waals surface area (Å²) in [6, 6.07) is 1.16. The topological polar surface area (TPSA) is 26.3 Å². The molecule has 0 saturated heterocycles. The van der Waals surface area contributed by atoms with Crippen molar-refractivity contribution in [1.29, 1.82) is 0 Å². The van der Waals surface area contributed by atoms with Crippen LogP contribution in [0.4, 0.5) is 0 Å². The van der Waals surface area contributed by atoms with Crippen LogP contribution < -0.4 is 0 Å². The zero-order chi connectivity index (χ0) is 10.5. The lowest BCUT2D eigenvalue weighted by Crippen LogP contribution is -2.10. The van der Waals surface area contributed by atoms with E-state index in [4.69, 9.17) is 4.74 Å². The summed E-state index contributed by atoms with van der Waals surface area (Å²) in [7, 11) is 0. The summed E-state index contributed by atoms with van der Waals surface area (Å²) < 4.78 is 3.91. The fourth-order valence-corrected chi connectivity index (χ4v) is 4.54. The molecule has 0 aromatic rings. The number of carbonyl (C=O) groups is 1. The van der Waals surface area contributed by atoms with Crippen LogP contribution in [-0.4, -0.2) is 13.1 Å². The molecule has 0 fully saturated rings. The molecule has 0 N–H and O–H groups in total. The standard InChI is InChI=1S/C7H11I3O2Si/c1-6(2)7(11)12-4-3-5-13(8,9)10/h1,3-5H2,2H3. The molecule has 0 bridgehead atoms. The average molecular weight is 536 g/mol. The fraction of sp³-hybridized carbons (Fsp3) is 0.571. The van der Waals surface area contributed by atoms with Gasteiger partial charge in [0.25, 0.3) is 0.564 Å². The second-order valence-corrected chi connectivity index (χ2v) is 39.5. The van der Waals surface area contributed by atoms with E-state index >= 15 is 0 Å². The van der Waals surface area contributed by atoms with Gasteiger partial charge < -0.3 is 4.74 Å². The Morgan fingerprint density at radius 1 is 1.46 bits per heavy atom. The molecule has 2 nitrogen and oxygen atoms in total. The van der Waals surface area contributed by atoms with Crippen LogP contribution in [0.5, 0.6) is 0 Å². The van der Waals surface area contributed by atoms with Gasteiger partial charge in [-0.3, -0.25) is 0 Å². The fourth-order valence-electron chi connectivity index (χ4n) is 0.561. The Balaban J connectivity index is 3.47. The van der Waals surface area contributed by atoms with Crippen molar-refractivity contribution in [2.75, 3.05) is 6.61 Å². The maximum Gasteiger partial charge on any atom is 0.333 e. The molecule has 0 amide bonds. The molecule has 0 radical (unpaired) electrons. The van der Waals surface area contributed by atoms with Crippen LogP contribution in [0, 0.1) is 0 Å². The Hall–Kier alpha value is 1.62. The summed E-state index contributed by atoms with van der Waals surface area (Å²) in [5, 5.41) is 0. The van der Waals surface area contributed by atoms with Crippen molar-refractivity contribution in [3.05, 3.63) is 12.2 Å². The highest BCUT2D eigenvalue weighted by molar-refractivity contribution is 14.4. The first kappa shape index (κ1) is 14.6. The normalized spacial score (nSPS) is 11.1. The Morgan fingerprint density at radius 2 is 2.00 bits per heavy atom. The van der Waals surface area contributed by atoms with Crippen LogP contribution in [0.1, 0.15) is 13.3 Å². The van der Waals surface area contributed by atoms with E-state index in [1.807, 2.05) is 0 Å². The number of ether oxygens (including phenoxy) is 1. The number of hydrogen-bond acceptors (Lipinski definition) is 2. The van der Waals surface area contributed by atoms with Gasteiger partial charge in [0.05, 0.1) is 6.61 Å². The lowest BCUT2D eigenvalue weighted by molar-refractivity contribution is -0.138. The largest absolute Gasteiger partial charge is 0.462 e. The van der Waals surface area contributed by atoms with E-state index in [-0.39, 0.29) is 5.97 Å². The average Bonchev–Trinajstić information content (AvgIpc) is 1.95. The van der Waals surface area contributed by atoms with Crippen LogP contribution in [0.3, 0.4) is 0 Å². The van der Waals surface area contributed by atoms with Crippen molar-refractivity contribution in [3.63, 3.8) is 0 Å². The summed E-state index contributed by atoms with van der Waals surface area (Å²) in [6.45, 7) is 5.70. The Morgan fingerprint density at radius 3 is 2.38 bits per heavy atom. The number of esters is 1. The lowest BCUT2D eigenvalue weighted by Gasteiger charge is -2.09. The highest BCUT2D eigenvalue weighted by Crippen LogP contribution is 2.34. The monoisotopic (exact) mass is 536 g/mol. The number of carbonyl (C=O) groups excluding carboxylic acids is 1. The number of rotatable bonds is 5. The maximum atomic E-state index is 11.0. The molecule has 0 atom stereocenters. The van der Waals surface area contributed by atoms with E-state index in [1.165, 1.54) is 0 Å². The minimum Gasteiger partial charge on any atom is -0.462 e. The number of halogens is 3. The van der Waals surface area contributed by atoms with Gasteiger partial charge in [0.2, 0.25) is 0 Å². The minimum absolute atomic E-state index is 0.275. The zero-order valence-corrected chi connectivity index (χ0v) is 14.8. The molecular formula is C7H11I3O2Si. The molecule has 0 rings (SSSR count). The quantitative estimate of drug-likeness (QED) is 0.134. The Kier molecular flexibility index (Phi) is 7.85. The third-order valence-electron chi connectivity index (χ3n) is 1.19. The molecule has 0 aromatic carbocycles. The summed E-state index contributed by atoms with van der Waals surface area (Å²) in [5.41, 5.74) is 0.474. The predicted molar refractivity (Wildman–Crippen MR) is 83.0 cm³/mol. The van der Waals surface area contributed by atoms with Gasteiger partial charge in [-0.2, -0.15) is 0 Å². The predicted octanol–water partition coefficient (Wildman–Crippen LogP) is 3.74. The molecule has 0 aliphatic heterocycles. The van der Waals surface area contributed by atoms with E-state index in [0.717, 1.165) is 12.5 Å². The third kappa shape index (κ3) is 9.91. The van der Waals surface area contributed by atoms with E-state index in [1.54, 1.807) is 6.92 Å². The molecule has 0 spiro atoms. The molecule has 76 valence electrons. The molecule has 13 heavy (non-hydrogen) atoms. The summed E-state index contributed by atoms with van der Waals surface area (Å²) in [5.74, 6) is -0.275. The molecule has 0 heterocycles. The van der Waals surface area contributed by atoms with Crippen LogP contribution in [0.25, 0.3) is 0 Å². The minimum atomic E-state index is -1.06. The molecule has 0 aliphatic carbocycles.